The summed E-state index contributed by atoms with van der Waals surface area (Å²) in [6.45, 7) is 2.70. The van der Waals surface area contributed by atoms with Gasteiger partial charge in [0.15, 0.2) is 0 Å². The molecule has 1 aromatic carbocycles. The van der Waals surface area contributed by atoms with Crippen LogP contribution in [0, 0.1) is 10.1 Å². The summed E-state index contributed by atoms with van der Waals surface area (Å²) < 4.78 is 5.07. The zero-order valence-electron chi connectivity index (χ0n) is 11.5. The van der Waals surface area contributed by atoms with E-state index in [0.29, 0.717) is 36.8 Å². The van der Waals surface area contributed by atoms with Gasteiger partial charge in [-0.2, -0.15) is 4.98 Å². The summed E-state index contributed by atoms with van der Waals surface area (Å²) in [5.41, 5.74) is 0.655. The third-order valence-corrected chi connectivity index (χ3v) is 2.93. The van der Waals surface area contributed by atoms with Gasteiger partial charge in [-0.3, -0.25) is 10.1 Å². The first-order valence-corrected chi connectivity index (χ1v) is 6.56. The van der Waals surface area contributed by atoms with E-state index >= 15 is 0 Å². The van der Waals surface area contributed by atoms with E-state index < -0.39 is 11.0 Å². The number of aliphatic hydroxyl groups is 1. The number of aromatic nitrogens is 2. The van der Waals surface area contributed by atoms with E-state index in [1.54, 1.807) is 12.1 Å². The summed E-state index contributed by atoms with van der Waals surface area (Å²) in [6, 6.07) is 5.92. The predicted molar refractivity (Wildman–Crippen MR) is 74.4 cm³/mol. The highest BCUT2D eigenvalue weighted by molar-refractivity contribution is 5.56. The molecule has 0 spiro atoms. The molecule has 2 aromatic rings. The number of rotatable bonds is 7. The van der Waals surface area contributed by atoms with Crippen LogP contribution in [-0.4, -0.2) is 32.8 Å². The maximum absolute atomic E-state index is 10.6. The van der Waals surface area contributed by atoms with Crippen molar-refractivity contribution in [1.29, 1.82) is 0 Å². The Labute approximate surface area is 120 Å². The van der Waals surface area contributed by atoms with Crippen LogP contribution in [-0.2, 0) is 6.54 Å². The van der Waals surface area contributed by atoms with Crippen LogP contribution in [0.25, 0.3) is 11.4 Å². The van der Waals surface area contributed by atoms with Crippen molar-refractivity contribution >= 4 is 5.69 Å². The van der Waals surface area contributed by atoms with Crippen LogP contribution in [0.15, 0.2) is 28.8 Å². The Balaban J connectivity index is 1.97. The van der Waals surface area contributed by atoms with Gasteiger partial charge in [-0.05, 0) is 18.6 Å². The Kier molecular flexibility index (Phi) is 4.96. The molecule has 0 aliphatic carbocycles. The van der Waals surface area contributed by atoms with Gasteiger partial charge in [0, 0.05) is 24.2 Å². The molecule has 1 heterocycles. The molecule has 2 rings (SSSR count). The maximum atomic E-state index is 10.6. The minimum atomic E-state index is -0.464. The van der Waals surface area contributed by atoms with Crippen LogP contribution in [0.5, 0.6) is 0 Å². The number of aliphatic hydroxyl groups excluding tert-OH is 1. The van der Waals surface area contributed by atoms with Crippen molar-refractivity contribution in [3.8, 4) is 11.4 Å². The molecular formula is C13H16N4O4. The molecular weight excluding hydrogens is 276 g/mol. The van der Waals surface area contributed by atoms with E-state index in [1.165, 1.54) is 12.1 Å². The van der Waals surface area contributed by atoms with Gasteiger partial charge >= 0.3 is 0 Å². The lowest BCUT2D eigenvalue weighted by molar-refractivity contribution is -0.384. The molecule has 1 aromatic heterocycles. The second-order valence-electron chi connectivity index (χ2n) is 4.51. The molecule has 0 saturated heterocycles. The van der Waals surface area contributed by atoms with E-state index in [0.717, 1.165) is 0 Å². The van der Waals surface area contributed by atoms with Gasteiger partial charge in [0.1, 0.15) is 0 Å². The third kappa shape index (κ3) is 4.07. The Morgan fingerprint density at radius 1 is 1.43 bits per heavy atom. The van der Waals surface area contributed by atoms with Crippen LogP contribution in [0.2, 0.25) is 0 Å². The zero-order valence-corrected chi connectivity index (χ0v) is 11.5. The van der Waals surface area contributed by atoms with Crippen molar-refractivity contribution < 1.29 is 14.6 Å². The average Bonchev–Trinajstić information content (AvgIpc) is 2.96. The van der Waals surface area contributed by atoms with Gasteiger partial charge in [0.25, 0.3) is 5.69 Å². The minimum absolute atomic E-state index is 0.0117. The molecule has 21 heavy (non-hydrogen) atoms. The van der Waals surface area contributed by atoms with Gasteiger partial charge in [-0.1, -0.05) is 12.1 Å². The molecule has 112 valence electrons. The highest BCUT2D eigenvalue weighted by atomic mass is 16.6. The Morgan fingerprint density at radius 3 is 2.76 bits per heavy atom. The molecule has 2 N–H and O–H groups in total. The van der Waals surface area contributed by atoms with Crippen molar-refractivity contribution in [2.24, 2.45) is 0 Å². The van der Waals surface area contributed by atoms with Crippen LogP contribution < -0.4 is 5.32 Å². The summed E-state index contributed by atoms with van der Waals surface area (Å²) in [5, 5.41) is 26.8. The monoisotopic (exact) mass is 292 g/mol. The molecule has 1 atom stereocenters. The van der Waals surface area contributed by atoms with Gasteiger partial charge in [0.2, 0.25) is 11.7 Å². The summed E-state index contributed by atoms with van der Waals surface area (Å²) in [5.74, 6) is 0.768. The first-order chi connectivity index (χ1) is 10.1. The van der Waals surface area contributed by atoms with Gasteiger partial charge in [-0.15, -0.1) is 0 Å². The number of hydrogen-bond donors (Lipinski definition) is 2. The zero-order chi connectivity index (χ0) is 15.2. The van der Waals surface area contributed by atoms with Gasteiger partial charge < -0.3 is 14.9 Å². The van der Waals surface area contributed by atoms with Crippen molar-refractivity contribution in [3.63, 3.8) is 0 Å². The Morgan fingerprint density at radius 2 is 2.14 bits per heavy atom. The lowest BCUT2D eigenvalue weighted by Crippen LogP contribution is -2.25. The third-order valence-electron chi connectivity index (χ3n) is 2.93. The SMILES string of the molecule is CCC(O)CNCc1nc(-c2ccc([N+](=O)[O-])cc2)no1. The van der Waals surface area contributed by atoms with Crippen molar-refractivity contribution in [1.82, 2.24) is 15.5 Å². The lowest BCUT2D eigenvalue weighted by Gasteiger charge is -2.06. The van der Waals surface area contributed by atoms with E-state index in [4.69, 9.17) is 4.52 Å². The maximum Gasteiger partial charge on any atom is 0.269 e. The molecule has 0 radical (unpaired) electrons. The van der Waals surface area contributed by atoms with E-state index in [1.807, 2.05) is 6.92 Å². The second kappa shape index (κ2) is 6.91. The minimum Gasteiger partial charge on any atom is -0.392 e. The number of hydrogen-bond acceptors (Lipinski definition) is 7. The molecule has 0 fully saturated rings. The number of nitro groups is 1. The summed E-state index contributed by atoms with van der Waals surface area (Å²) in [7, 11) is 0. The molecule has 0 bridgehead atoms. The van der Waals surface area contributed by atoms with E-state index in [9.17, 15) is 15.2 Å². The smallest absolute Gasteiger partial charge is 0.269 e. The van der Waals surface area contributed by atoms with E-state index in [-0.39, 0.29) is 5.69 Å². The number of nitro benzene ring substituents is 1. The fraction of sp³-hybridized carbons (Fsp3) is 0.385. The first-order valence-electron chi connectivity index (χ1n) is 6.56. The topological polar surface area (TPSA) is 114 Å². The number of nitrogens with one attached hydrogen (secondary N) is 1. The predicted octanol–water partition coefficient (Wildman–Crippen LogP) is 1.51. The van der Waals surface area contributed by atoms with Crippen LogP contribution in [0.4, 0.5) is 5.69 Å². The van der Waals surface area contributed by atoms with Gasteiger partial charge in [-0.25, -0.2) is 0 Å². The van der Waals surface area contributed by atoms with Crippen LogP contribution in [0.1, 0.15) is 19.2 Å². The highest BCUT2D eigenvalue weighted by Gasteiger charge is 2.11. The standard InChI is InChI=1S/C13H16N4O4/c1-2-11(18)7-14-8-12-15-13(16-21-12)9-3-5-10(6-4-9)17(19)20/h3-6,11,14,18H,2,7-8H2,1H3. The Hall–Kier alpha value is -2.32. The molecule has 0 saturated carbocycles. The van der Waals surface area contributed by atoms with E-state index in [2.05, 4.69) is 15.5 Å². The van der Waals surface area contributed by atoms with Crippen LogP contribution in [0.3, 0.4) is 0 Å². The van der Waals surface area contributed by atoms with Crippen molar-refractivity contribution in [3.05, 3.63) is 40.3 Å². The molecule has 0 amide bonds. The fourth-order valence-corrected chi connectivity index (χ4v) is 1.67. The molecule has 1 unspecified atom stereocenters. The van der Waals surface area contributed by atoms with Crippen molar-refractivity contribution in [2.45, 2.75) is 26.0 Å². The summed E-state index contributed by atoms with van der Waals surface area (Å²) in [4.78, 5) is 14.3. The molecule has 0 aliphatic rings. The fourth-order valence-electron chi connectivity index (χ4n) is 1.67. The molecule has 0 aliphatic heterocycles. The number of non-ortho nitro benzene ring substituents is 1. The quantitative estimate of drug-likeness (QED) is 0.587. The number of benzene rings is 1. The van der Waals surface area contributed by atoms with Crippen molar-refractivity contribution in [2.75, 3.05) is 6.54 Å². The lowest BCUT2D eigenvalue weighted by atomic mass is 10.2. The first kappa shape index (κ1) is 15.1. The Bertz CT molecular complexity index is 596. The molecule has 8 nitrogen and oxygen atoms in total. The summed E-state index contributed by atoms with van der Waals surface area (Å²) in [6.07, 6.45) is 0.271. The van der Waals surface area contributed by atoms with Gasteiger partial charge in [0.05, 0.1) is 17.6 Å². The molecule has 8 heteroatoms. The average molecular weight is 292 g/mol. The second-order valence-corrected chi connectivity index (χ2v) is 4.51. The normalized spacial score (nSPS) is 12.3. The summed E-state index contributed by atoms with van der Waals surface area (Å²) >= 11 is 0. The van der Waals surface area contributed by atoms with Crippen LogP contribution >= 0.6 is 0 Å². The largest absolute Gasteiger partial charge is 0.392 e. The number of nitrogens with zero attached hydrogens (tertiary/aromatic N) is 3. The highest BCUT2D eigenvalue weighted by Crippen LogP contribution is 2.19.